The van der Waals surface area contributed by atoms with Crippen LogP contribution in [0.1, 0.15) is 16.1 Å². The van der Waals surface area contributed by atoms with Gasteiger partial charge in [0.25, 0.3) is 5.91 Å². The Hall–Kier alpha value is -2.86. The van der Waals surface area contributed by atoms with Gasteiger partial charge >= 0.3 is 0 Å². The zero-order chi connectivity index (χ0) is 17.1. The lowest BCUT2D eigenvalue weighted by Gasteiger charge is -2.10. The molecule has 0 aliphatic heterocycles. The van der Waals surface area contributed by atoms with Crippen LogP contribution in [0.4, 0.5) is 5.69 Å². The van der Waals surface area contributed by atoms with Crippen LogP contribution in [0.15, 0.2) is 48.9 Å². The maximum Gasteiger partial charge on any atom is 0.259 e. The third kappa shape index (κ3) is 2.96. The minimum absolute atomic E-state index is 0.294. The molecule has 0 radical (unpaired) electrons. The smallest absolute Gasteiger partial charge is 0.259 e. The SMILES string of the molecule is COc1ccncc1NC(=O)c1cnn(-c2ccccc2Cl)c1C. The number of nitrogens with zero attached hydrogens (tertiary/aromatic N) is 3. The fraction of sp³-hybridized carbons (Fsp3) is 0.118. The molecule has 24 heavy (non-hydrogen) atoms. The van der Waals surface area contributed by atoms with E-state index in [1.54, 1.807) is 23.0 Å². The van der Waals surface area contributed by atoms with E-state index in [4.69, 9.17) is 16.3 Å². The van der Waals surface area contributed by atoms with Crippen LogP contribution in [0.25, 0.3) is 5.69 Å². The van der Waals surface area contributed by atoms with Crippen molar-refractivity contribution in [2.45, 2.75) is 6.92 Å². The van der Waals surface area contributed by atoms with Crippen LogP contribution in [-0.2, 0) is 0 Å². The Bertz CT molecular complexity index is 892. The van der Waals surface area contributed by atoms with Gasteiger partial charge in [0.2, 0.25) is 0 Å². The lowest BCUT2D eigenvalue weighted by molar-refractivity contribution is 0.102. The maximum atomic E-state index is 12.6. The van der Waals surface area contributed by atoms with Crippen LogP contribution < -0.4 is 10.1 Å². The summed E-state index contributed by atoms with van der Waals surface area (Å²) in [6, 6.07) is 9.00. The van der Waals surface area contributed by atoms with E-state index in [1.807, 2.05) is 25.1 Å². The number of ether oxygens (including phenoxy) is 1. The van der Waals surface area contributed by atoms with E-state index in [2.05, 4.69) is 15.4 Å². The Morgan fingerprint density at radius 1 is 1.25 bits per heavy atom. The number of rotatable bonds is 4. The molecule has 0 bridgehead atoms. The second-order valence-electron chi connectivity index (χ2n) is 5.04. The van der Waals surface area contributed by atoms with Gasteiger partial charge in [-0.3, -0.25) is 9.78 Å². The molecule has 0 saturated heterocycles. The van der Waals surface area contributed by atoms with Gasteiger partial charge in [-0.15, -0.1) is 0 Å². The summed E-state index contributed by atoms with van der Waals surface area (Å²) in [4.78, 5) is 16.5. The molecule has 1 N–H and O–H groups in total. The monoisotopic (exact) mass is 342 g/mol. The summed E-state index contributed by atoms with van der Waals surface area (Å²) < 4.78 is 6.85. The Labute approximate surface area is 144 Å². The Morgan fingerprint density at radius 2 is 2.04 bits per heavy atom. The first kappa shape index (κ1) is 16.0. The first-order valence-electron chi connectivity index (χ1n) is 7.20. The van der Waals surface area contributed by atoms with Gasteiger partial charge in [0.05, 0.1) is 41.5 Å². The Balaban J connectivity index is 1.91. The molecule has 0 fully saturated rings. The Morgan fingerprint density at radius 3 is 2.79 bits per heavy atom. The summed E-state index contributed by atoms with van der Waals surface area (Å²) in [5.74, 6) is 0.242. The molecule has 0 aliphatic carbocycles. The molecule has 2 heterocycles. The molecule has 1 amide bonds. The zero-order valence-electron chi connectivity index (χ0n) is 13.2. The molecule has 0 spiro atoms. The fourth-order valence-electron chi connectivity index (χ4n) is 2.34. The number of anilines is 1. The second kappa shape index (κ2) is 6.72. The molecule has 6 nitrogen and oxygen atoms in total. The number of methoxy groups -OCH3 is 1. The van der Waals surface area contributed by atoms with Gasteiger partial charge in [-0.05, 0) is 19.1 Å². The average Bonchev–Trinajstić information content (AvgIpc) is 2.97. The van der Waals surface area contributed by atoms with Crippen LogP contribution in [0.3, 0.4) is 0 Å². The van der Waals surface area contributed by atoms with E-state index < -0.39 is 0 Å². The summed E-state index contributed by atoms with van der Waals surface area (Å²) in [7, 11) is 1.53. The largest absolute Gasteiger partial charge is 0.494 e. The number of hydrogen-bond donors (Lipinski definition) is 1. The number of carbonyl (C=O) groups is 1. The predicted octanol–water partition coefficient (Wildman–Crippen LogP) is 3.49. The molecule has 2 aromatic heterocycles. The topological polar surface area (TPSA) is 69.0 Å². The molecular weight excluding hydrogens is 328 g/mol. The first-order valence-corrected chi connectivity index (χ1v) is 7.58. The average molecular weight is 343 g/mol. The zero-order valence-corrected chi connectivity index (χ0v) is 13.9. The number of para-hydroxylation sites is 1. The third-order valence-corrected chi connectivity index (χ3v) is 3.90. The number of nitrogens with one attached hydrogen (secondary N) is 1. The highest BCUT2D eigenvalue weighted by Gasteiger charge is 2.17. The standard InChI is InChI=1S/C17H15ClN4O2/c1-11-12(9-20-22(11)15-6-4-3-5-13(15)18)17(23)21-14-10-19-8-7-16(14)24-2/h3-10H,1-2H3,(H,21,23). The van der Waals surface area contributed by atoms with Crippen molar-refractivity contribution < 1.29 is 9.53 Å². The van der Waals surface area contributed by atoms with Crippen LogP contribution in [0.2, 0.25) is 5.02 Å². The highest BCUT2D eigenvalue weighted by molar-refractivity contribution is 6.32. The lowest BCUT2D eigenvalue weighted by atomic mass is 10.2. The number of amides is 1. The minimum atomic E-state index is -0.294. The van der Waals surface area contributed by atoms with Gasteiger partial charge in [0.1, 0.15) is 11.4 Å². The fourth-order valence-corrected chi connectivity index (χ4v) is 2.56. The van der Waals surface area contributed by atoms with Crippen molar-refractivity contribution in [3.8, 4) is 11.4 Å². The number of benzene rings is 1. The van der Waals surface area contributed by atoms with Gasteiger partial charge < -0.3 is 10.1 Å². The first-order chi connectivity index (χ1) is 11.6. The normalized spacial score (nSPS) is 10.5. The van der Waals surface area contributed by atoms with E-state index >= 15 is 0 Å². The molecule has 3 aromatic rings. The number of aromatic nitrogens is 3. The summed E-state index contributed by atoms with van der Waals surface area (Å²) in [6.07, 6.45) is 4.64. The van der Waals surface area contributed by atoms with Crippen molar-refractivity contribution in [3.63, 3.8) is 0 Å². The molecule has 0 aliphatic rings. The molecule has 1 aromatic carbocycles. The van der Waals surface area contributed by atoms with Gasteiger partial charge in [0.15, 0.2) is 0 Å². The number of halogens is 1. The van der Waals surface area contributed by atoms with Crippen LogP contribution in [0, 0.1) is 6.92 Å². The van der Waals surface area contributed by atoms with Crippen LogP contribution >= 0.6 is 11.6 Å². The second-order valence-corrected chi connectivity index (χ2v) is 5.44. The summed E-state index contributed by atoms with van der Waals surface area (Å²) in [6.45, 7) is 1.81. The summed E-state index contributed by atoms with van der Waals surface area (Å²) in [5.41, 5.74) is 2.34. The van der Waals surface area contributed by atoms with Crippen molar-refractivity contribution in [2.24, 2.45) is 0 Å². The van der Waals surface area contributed by atoms with E-state index in [0.29, 0.717) is 27.7 Å². The summed E-state index contributed by atoms with van der Waals surface area (Å²) >= 11 is 6.20. The minimum Gasteiger partial charge on any atom is -0.494 e. The molecule has 7 heteroatoms. The number of pyridine rings is 1. The van der Waals surface area contributed by atoms with Gasteiger partial charge in [-0.2, -0.15) is 5.10 Å². The molecular formula is C17H15ClN4O2. The van der Waals surface area contributed by atoms with E-state index in [-0.39, 0.29) is 5.91 Å². The van der Waals surface area contributed by atoms with Crippen molar-refractivity contribution >= 4 is 23.2 Å². The summed E-state index contributed by atoms with van der Waals surface area (Å²) in [5, 5.41) is 7.62. The van der Waals surface area contributed by atoms with Gasteiger partial charge in [-0.1, -0.05) is 23.7 Å². The highest BCUT2D eigenvalue weighted by Crippen LogP contribution is 2.25. The molecule has 3 rings (SSSR count). The van der Waals surface area contributed by atoms with Gasteiger partial charge in [0, 0.05) is 12.3 Å². The van der Waals surface area contributed by atoms with Crippen molar-refractivity contribution in [1.82, 2.24) is 14.8 Å². The molecule has 0 saturated carbocycles. The van der Waals surface area contributed by atoms with Crippen LogP contribution in [-0.4, -0.2) is 27.8 Å². The molecule has 0 atom stereocenters. The van der Waals surface area contributed by atoms with Crippen molar-refractivity contribution in [2.75, 3.05) is 12.4 Å². The maximum absolute atomic E-state index is 12.6. The number of carbonyl (C=O) groups excluding carboxylic acids is 1. The van der Waals surface area contributed by atoms with Crippen molar-refractivity contribution in [1.29, 1.82) is 0 Å². The number of hydrogen-bond acceptors (Lipinski definition) is 4. The van der Waals surface area contributed by atoms with Crippen LogP contribution in [0.5, 0.6) is 5.75 Å². The van der Waals surface area contributed by atoms with Crippen molar-refractivity contribution in [3.05, 3.63) is 65.2 Å². The highest BCUT2D eigenvalue weighted by atomic mass is 35.5. The quantitative estimate of drug-likeness (QED) is 0.788. The Kier molecular flexibility index (Phi) is 4.48. The third-order valence-electron chi connectivity index (χ3n) is 3.58. The van der Waals surface area contributed by atoms with E-state index in [1.165, 1.54) is 19.5 Å². The van der Waals surface area contributed by atoms with Gasteiger partial charge in [-0.25, -0.2) is 4.68 Å². The predicted molar refractivity (Wildman–Crippen MR) is 92.1 cm³/mol. The molecule has 0 unspecified atom stereocenters. The van der Waals surface area contributed by atoms with E-state index in [9.17, 15) is 4.79 Å². The molecule has 122 valence electrons. The lowest BCUT2D eigenvalue weighted by Crippen LogP contribution is -2.14. The van der Waals surface area contributed by atoms with E-state index in [0.717, 1.165) is 5.69 Å².